The molecular weight excluding hydrogens is 350 g/mol. The van der Waals surface area contributed by atoms with Crippen molar-refractivity contribution in [2.24, 2.45) is 0 Å². The maximum Gasteiger partial charge on any atom is 0.280 e. The molecule has 0 aliphatic rings. The molecule has 6 heteroatoms. The highest BCUT2D eigenvalue weighted by molar-refractivity contribution is 6.08. The molecule has 2 aromatic heterocycles. The summed E-state index contributed by atoms with van der Waals surface area (Å²) in [7, 11) is 0. The number of imidazole rings is 1. The van der Waals surface area contributed by atoms with Gasteiger partial charge in [-0.3, -0.25) is 9.78 Å². The summed E-state index contributed by atoms with van der Waals surface area (Å²) in [5.41, 5.74) is 7.56. The fourth-order valence-electron chi connectivity index (χ4n) is 3.91. The Kier molecular flexibility index (Phi) is 3.83. The molecule has 0 saturated heterocycles. The molecular formula is C22H19N5O. The Morgan fingerprint density at radius 1 is 1.00 bits per heavy atom. The van der Waals surface area contributed by atoms with E-state index in [-0.39, 0.29) is 11.5 Å². The molecule has 0 amide bonds. The molecule has 0 aliphatic heterocycles. The van der Waals surface area contributed by atoms with Gasteiger partial charge in [0, 0.05) is 6.54 Å². The van der Waals surface area contributed by atoms with Crippen LogP contribution < -0.4 is 11.3 Å². The van der Waals surface area contributed by atoms with Crippen molar-refractivity contribution in [1.82, 2.24) is 19.5 Å². The second-order valence-electron chi connectivity index (χ2n) is 6.97. The number of hydrogen-bond acceptors (Lipinski definition) is 4. The minimum Gasteiger partial charge on any atom is -0.369 e. The number of anilines is 1. The highest BCUT2D eigenvalue weighted by Gasteiger charge is 2.10. The highest BCUT2D eigenvalue weighted by atomic mass is 16.1. The topological polar surface area (TPSA) is 89.6 Å². The summed E-state index contributed by atoms with van der Waals surface area (Å²) in [6.45, 7) is 0.716. The zero-order valence-electron chi connectivity index (χ0n) is 15.2. The number of aryl methyl sites for hydroxylation is 2. The lowest BCUT2D eigenvalue weighted by atomic mass is 9.95. The predicted molar refractivity (Wildman–Crippen MR) is 112 cm³/mol. The van der Waals surface area contributed by atoms with Crippen molar-refractivity contribution in [2.75, 3.05) is 5.73 Å². The van der Waals surface area contributed by atoms with Crippen LogP contribution in [0.15, 0.2) is 65.7 Å². The van der Waals surface area contributed by atoms with Gasteiger partial charge in [-0.15, -0.1) is 0 Å². The highest BCUT2D eigenvalue weighted by Crippen LogP contribution is 2.29. The van der Waals surface area contributed by atoms with Gasteiger partial charge in [0.25, 0.3) is 5.56 Å². The first-order valence-corrected chi connectivity index (χ1v) is 9.31. The Balaban J connectivity index is 1.47. The second-order valence-corrected chi connectivity index (χ2v) is 6.97. The lowest BCUT2D eigenvalue weighted by molar-refractivity contribution is 0.654. The van der Waals surface area contributed by atoms with E-state index in [4.69, 9.17) is 5.73 Å². The predicted octanol–water partition coefficient (Wildman–Crippen LogP) is 3.64. The summed E-state index contributed by atoms with van der Waals surface area (Å²) in [5, 5.41) is 5.10. The van der Waals surface area contributed by atoms with Crippen molar-refractivity contribution in [3.63, 3.8) is 0 Å². The Hall–Kier alpha value is -3.67. The Bertz CT molecular complexity index is 1380. The average Bonchev–Trinajstić information content (AvgIpc) is 3.11. The van der Waals surface area contributed by atoms with Gasteiger partial charge in [0.05, 0.1) is 6.33 Å². The largest absolute Gasteiger partial charge is 0.369 e. The van der Waals surface area contributed by atoms with E-state index in [1.54, 1.807) is 6.33 Å². The van der Waals surface area contributed by atoms with Crippen LogP contribution in [0.2, 0.25) is 0 Å². The van der Waals surface area contributed by atoms with Gasteiger partial charge in [-0.05, 0) is 39.9 Å². The van der Waals surface area contributed by atoms with Gasteiger partial charge in [0.2, 0.25) is 5.95 Å². The van der Waals surface area contributed by atoms with E-state index >= 15 is 0 Å². The zero-order valence-corrected chi connectivity index (χ0v) is 15.2. The van der Waals surface area contributed by atoms with Crippen LogP contribution >= 0.6 is 0 Å². The van der Waals surface area contributed by atoms with E-state index in [1.807, 2.05) is 4.57 Å². The number of hydrogen-bond donors (Lipinski definition) is 2. The molecule has 28 heavy (non-hydrogen) atoms. The number of rotatable bonds is 4. The summed E-state index contributed by atoms with van der Waals surface area (Å²) in [6.07, 6.45) is 3.48. The van der Waals surface area contributed by atoms with Crippen molar-refractivity contribution in [1.29, 1.82) is 0 Å². The number of aromatic amines is 1. The van der Waals surface area contributed by atoms with Crippen LogP contribution in [0.1, 0.15) is 12.0 Å². The van der Waals surface area contributed by atoms with Crippen LogP contribution in [-0.2, 0) is 13.0 Å². The van der Waals surface area contributed by atoms with Crippen molar-refractivity contribution in [2.45, 2.75) is 19.4 Å². The van der Waals surface area contributed by atoms with Gasteiger partial charge in [0.15, 0.2) is 11.2 Å². The van der Waals surface area contributed by atoms with Crippen LogP contribution in [0.5, 0.6) is 0 Å². The molecule has 0 fully saturated rings. The lowest BCUT2D eigenvalue weighted by Gasteiger charge is -2.11. The molecule has 0 radical (unpaired) electrons. The average molecular weight is 369 g/mol. The molecule has 3 N–H and O–H groups in total. The van der Waals surface area contributed by atoms with Crippen LogP contribution in [0.4, 0.5) is 5.95 Å². The van der Waals surface area contributed by atoms with Crippen molar-refractivity contribution < 1.29 is 0 Å². The lowest BCUT2D eigenvalue weighted by Crippen LogP contribution is -2.12. The van der Waals surface area contributed by atoms with Crippen molar-refractivity contribution in [3.05, 3.63) is 76.8 Å². The molecule has 0 saturated carbocycles. The number of nitrogens with two attached hydrogens (primary N) is 1. The molecule has 138 valence electrons. The maximum atomic E-state index is 11.9. The van der Waals surface area contributed by atoms with Gasteiger partial charge in [-0.2, -0.15) is 4.98 Å². The van der Waals surface area contributed by atoms with Gasteiger partial charge >= 0.3 is 0 Å². The van der Waals surface area contributed by atoms with E-state index in [0.29, 0.717) is 17.7 Å². The van der Waals surface area contributed by atoms with E-state index < -0.39 is 0 Å². The number of aromatic nitrogens is 4. The molecule has 3 aromatic carbocycles. The zero-order chi connectivity index (χ0) is 19.1. The van der Waals surface area contributed by atoms with Crippen LogP contribution in [-0.4, -0.2) is 19.5 Å². The number of nitrogens with zero attached hydrogens (tertiary/aromatic N) is 3. The summed E-state index contributed by atoms with van der Waals surface area (Å²) >= 11 is 0. The number of H-pyrrole nitrogens is 1. The van der Waals surface area contributed by atoms with Crippen LogP contribution in [0.3, 0.4) is 0 Å². The molecule has 0 unspecified atom stereocenters. The minimum absolute atomic E-state index is 0.111. The summed E-state index contributed by atoms with van der Waals surface area (Å²) in [4.78, 5) is 22.8. The number of nitrogen functional groups attached to an aromatic ring is 1. The normalized spacial score (nSPS) is 11.6. The minimum atomic E-state index is -0.304. The van der Waals surface area contributed by atoms with E-state index in [1.165, 1.54) is 27.1 Å². The quantitative estimate of drug-likeness (QED) is 0.473. The molecule has 6 nitrogen and oxygen atoms in total. The number of benzene rings is 3. The molecule has 0 atom stereocenters. The smallest absolute Gasteiger partial charge is 0.280 e. The Morgan fingerprint density at radius 2 is 1.75 bits per heavy atom. The van der Waals surface area contributed by atoms with Gasteiger partial charge in [-0.1, -0.05) is 54.6 Å². The first-order valence-electron chi connectivity index (χ1n) is 9.31. The molecule has 5 aromatic rings. The Morgan fingerprint density at radius 3 is 2.61 bits per heavy atom. The van der Waals surface area contributed by atoms with Crippen molar-refractivity contribution in [3.8, 4) is 0 Å². The molecule has 0 bridgehead atoms. The third kappa shape index (κ3) is 2.70. The van der Waals surface area contributed by atoms with Gasteiger partial charge < -0.3 is 10.3 Å². The molecule has 0 spiro atoms. The van der Waals surface area contributed by atoms with E-state index in [2.05, 4.69) is 69.5 Å². The van der Waals surface area contributed by atoms with Crippen molar-refractivity contribution >= 4 is 38.7 Å². The third-order valence-corrected chi connectivity index (χ3v) is 5.19. The van der Waals surface area contributed by atoms with Crippen LogP contribution in [0.25, 0.3) is 32.7 Å². The number of nitrogens with one attached hydrogen (secondary N) is 1. The fourth-order valence-corrected chi connectivity index (χ4v) is 3.91. The first-order chi connectivity index (χ1) is 13.7. The van der Waals surface area contributed by atoms with E-state index in [9.17, 15) is 4.79 Å². The van der Waals surface area contributed by atoms with E-state index in [0.717, 1.165) is 12.8 Å². The van der Waals surface area contributed by atoms with Gasteiger partial charge in [-0.25, -0.2) is 4.98 Å². The number of fused-ring (bicyclic) bond motifs is 4. The maximum absolute atomic E-state index is 11.9. The summed E-state index contributed by atoms with van der Waals surface area (Å²) < 4.78 is 1.89. The SMILES string of the molecule is Nc1nc2c(ncn2CCCc2cc3ccccc3c3ccccc23)c(=O)[nH]1. The molecule has 0 aliphatic carbocycles. The van der Waals surface area contributed by atoms with Gasteiger partial charge in [0.1, 0.15) is 0 Å². The second kappa shape index (κ2) is 6.49. The standard InChI is InChI=1S/C22H19N5O/c23-22-25-20-19(21(28)26-22)24-13-27(20)11-5-7-15-12-14-6-1-2-8-16(14)18-10-4-3-9-17(15)18/h1-4,6,8-10,12-13H,5,7,11H2,(H3,23,25,26,28). The summed E-state index contributed by atoms with van der Waals surface area (Å²) in [5.74, 6) is 0.111. The van der Waals surface area contributed by atoms with Crippen LogP contribution in [0, 0.1) is 0 Å². The third-order valence-electron chi connectivity index (χ3n) is 5.19. The summed E-state index contributed by atoms with van der Waals surface area (Å²) in [6, 6.07) is 19.3. The Labute approximate surface area is 160 Å². The fraction of sp³-hybridized carbons (Fsp3) is 0.136. The first kappa shape index (κ1) is 16.5. The molecule has 5 rings (SSSR count). The monoisotopic (exact) mass is 369 g/mol. The molecule has 2 heterocycles.